The van der Waals surface area contributed by atoms with E-state index in [1.807, 2.05) is 43.5 Å². The first kappa shape index (κ1) is 20.1. The molecule has 1 heterocycles. The normalized spacial score (nSPS) is 14.2. The summed E-state index contributed by atoms with van der Waals surface area (Å²) >= 11 is 0. The Balaban J connectivity index is 2.31. The first-order chi connectivity index (χ1) is 11.5. The average Bonchev–Trinajstić information content (AvgIpc) is 2.86. The first-order valence-corrected chi connectivity index (χ1v) is 12.6. The molecule has 1 aromatic carbocycles. The van der Waals surface area contributed by atoms with E-state index in [2.05, 4.69) is 24.6 Å². The molecule has 0 saturated heterocycles. The Morgan fingerprint density at radius 1 is 1.24 bits per heavy atom. The van der Waals surface area contributed by atoms with Gasteiger partial charge in [0.1, 0.15) is 19.2 Å². The minimum absolute atomic E-state index is 0.156. The maximum atomic E-state index is 10.7. The summed E-state index contributed by atoms with van der Waals surface area (Å²) in [6, 6.07) is 6.89. The average molecular weight is 365 g/mol. The van der Waals surface area contributed by atoms with E-state index in [0.717, 1.165) is 22.6 Å². The smallest absolute Gasteiger partial charge is 0.137 e. The van der Waals surface area contributed by atoms with E-state index in [-0.39, 0.29) is 12.0 Å². The quantitative estimate of drug-likeness (QED) is 0.577. The number of aromatic nitrogens is 2. The Kier molecular flexibility index (Phi) is 6.09. The number of hydrogen-bond donors (Lipinski definition) is 2. The second-order valence-corrected chi connectivity index (χ2v) is 14.6. The second kappa shape index (κ2) is 7.58. The van der Waals surface area contributed by atoms with Gasteiger partial charge in [-0.1, -0.05) is 52.5 Å². The Morgan fingerprint density at radius 2 is 1.92 bits per heavy atom. The van der Waals surface area contributed by atoms with Crippen LogP contribution in [0.25, 0.3) is 11.0 Å². The molecular formula is C19H32N2O3Si. The predicted molar refractivity (Wildman–Crippen MR) is 104 cm³/mol. The molecule has 0 spiro atoms. The number of hydrogen-bond acceptors (Lipinski definition) is 4. The SMILES string of the molecule is CC(C)(C)C(O)c1cccc2c1nc(CO)n2COCC[Si](C)(C)C. The van der Waals surface area contributed by atoms with Gasteiger partial charge in [0.05, 0.1) is 17.1 Å². The third-order valence-electron chi connectivity index (χ3n) is 4.36. The van der Waals surface area contributed by atoms with Gasteiger partial charge < -0.3 is 19.5 Å². The van der Waals surface area contributed by atoms with E-state index in [4.69, 9.17) is 4.74 Å². The summed E-state index contributed by atoms with van der Waals surface area (Å²) in [7, 11) is -1.13. The highest BCUT2D eigenvalue weighted by Gasteiger charge is 2.27. The van der Waals surface area contributed by atoms with Crippen LogP contribution in [0, 0.1) is 5.41 Å². The lowest BCUT2D eigenvalue weighted by Crippen LogP contribution is -2.22. The number of benzene rings is 1. The van der Waals surface area contributed by atoms with Crippen molar-refractivity contribution in [2.24, 2.45) is 5.41 Å². The van der Waals surface area contributed by atoms with Crippen LogP contribution < -0.4 is 0 Å². The molecule has 0 aliphatic heterocycles. The van der Waals surface area contributed by atoms with Crippen LogP contribution in [0.3, 0.4) is 0 Å². The van der Waals surface area contributed by atoms with Crippen LogP contribution in [-0.4, -0.2) is 34.4 Å². The molecule has 5 nitrogen and oxygen atoms in total. The van der Waals surface area contributed by atoms with E-state index >= 15 is 0 Å². The fourth-order valence-electron chi connectivity index (χ4n) is 2.70. The molecule has 0 fully saturated rings. The molecular weight excluding hydrogens is 332 g/mol. The molecule has 1 atom stereocenters. The summed E-state index contributed by atoms with van der Waals surface area (Å²) in [4.78, 5) is 4.57. The summed E-state index contributed by atoms with van der Waals surface area (Å²) in [6.45, 7) is 13.9. The van der Waals surface area contributed by atoms with Crippen LogP contribution in [0.15, 0.2) is 18.2 Å². The number of fused-ring (bicyclic) bond motifs is 1. The topological polar surface area (TPSA) is 67.5 Å². The summed E-state index contributed by atoms with van der Waals surface area (Å²) < 4.78 is 7.76. The standard InChI is InChI=1S/C19H32N2O3Si/c1-19(2,3)18(23)14-8-7-9-15-17(14)20-16(12-22)21(15)13-24-10-11-25(4,5)6/h7-9,18,22-23H,10-13H2,1-6H3. The Labute approximate surface area is 151 Å². The molecule has 0 radical (unpaired) electrons. The van der Waals surface area contributed by atoms with Gasteiger partial charge in [0.2, 0.25) is 0 Å². The van der Waals surface area contributed by atoms with Crippen LogP contribution in [0.4, 0.5) is 0 Å². The van der Waals surface area contributed by atoms with Gasteiger partial charge in [-0.05, 0) is 17.5 Å². The number of rotatable bonds is 7. The van der Waals surface area contributed by atoms with Crippen molar-refractivity contribution in [2.75, 3.05) is 6.61 Å². The molecule has 6 heteroatoms. The predicted octanol–water partition coefficient (Wildman–Crippen LogP) is 3.92. The molecule has 0 saturated carbocycles. The van der Waals surface area contributed by atoms with Crippen LogP contribution in [-0.2, 0) is 18.1 Å². The van der Waals surface area contributed by atoms with E-state index in [1.54, 1.807) is 0 Å². The second-order valence-electron chi connectivity index (χ2n) is 8.95. The third-order valence-corrected chi connectivity index (χ3v) is 6.07. The van der Waals surface area contributed by atoms with Gasteiger partial charge in [0.25, 0.3) is 0 Å². The van der Waals surface area contributed by atoms with Crippen LogP contribution in [0.2, 0.25) is 25.7 Å². The molecule has 0 aliphatic rings. The lowest BCUT2D eigenvalue weighted by Gasteiger charge is -2.26. The zero-order valence-corrected chi connectivity index (χ0v) is 17.3. The van der Waals surface area contributed by atoms with Crippen LogP contribution in [0.1, 0.15) is 38.3 Å². The molecule has 0 bridgehead atoms. The molecule has 0 aliphatic carbocycles. The highest BCUT2D eigenvalue weighted by atomic mass is 28.3. The van der Waals surface area contributed by atoms with Gasteiger partial charge >= 0.3 is 0 Å². The van der Waals surface area contributed by atoms with E-state index < -0.39 is 14.2 Å². The summed E-state index contributed by atoms with van der Waals surface area (Å²) in [5.74, 6) is 0.566. The maximum Gasteiger partial charge on any atom is 0.137 e. The van der Waals surface area contributed by atoms with Crippen molar-refractivity contribution < 1.29 is 14.9 Å². The largest absolute Gasteiger partial charge is 0.388 e. The van der Waals surface area contributed by atoms with Crippen molar-refractivity contribution in [3.63, 3.8) is 0 Å². The Bertz CT molecular complexity index is 714. The monoisotopic (exact) mass is 364 g/mol. The number of imidazole rings is 1. The lowest BCUT2D eigenvalue weighted by molar-refractivity contribution is 0.0638. The summed E-state index contributed by atoms with van der Waals surface area (Å²) in [6.07, 6.45) is -0.626. The van der Waals surface area contributed by atoms with Crippen LogP contribution in [0.5, 0.6) is 0 Å². The zero-order chi connectivity index (χ0) is 18.8. The van der Waals surface area contributed by atoms with Gasteiger partial charge in [-0.3, -0.25) is 0 Å². The van der Waals surface area contributed by atoms with E-state index in [9.17, 15) is 10.2 Å². The molecule has 2 rings (SSSR count). The van der Waals surface area contributed by atoms with E-state index in [0.29, 0.717) is 19.2 Å². The zero-order valence-electron chi connectivity index (χ0n) is 16.3. The number of ether oxygens (including phenoxy) is 1. The van der Waals surface area contributed by atoms with Gasteiger partial charge in [0, 0.05) is 20.2 Å². The highest BCUT2D eigenvalue weighted by Crippen LogP contribution is 2.36. The van der Waals surface area contributed by atoms with Crippen molar-refractivity contribution in [1.29, 1.82) is 0 Å². The Hall–Kier alpha value is -1.21. The lowest BCUT2D eigenvalue weighted by atomic mass is 9.84. The molecule has 2 aromatic rings. The van der Waals surface area contributed by atoms with Crippen molar-refractivity contribution >= 4 is 19.1 Å². The number of para-hydroxylation sites is 1. The van der Waals surface area contributed by atoms with E-state index in [1.165, 1.54) is 0 Å². The van der Waals surface area contributed by atoms with Gasteiger partial charge in [-0.25, -0.2) is 4.98 Å². The van der Waals surface area contributed by atoms with Crippen molar-refractivity contribution in [3.8, 4) is 0 Å². The summed E-state index contributed by atoms with van der Waals surface area (Å²) in [5, 5.41) is 20.4. The summed E-state index contributed by atoms with van der Waals surface area (Å²) in [5.41, 5.74) is 2.13. The highest BCUT2D eigenvalue weighted by molar-refractivity contribution is 6.76. The number of nitrogens with zero attached hydrogens (tertiary/aromatic N) is 2. The number of aliphatic hydroxyl groups is 2. The molecule has 2 N–H and O–H groups in total. The maximum absolute atomic E-state index is 10.7. The Morgan fingerprint density at radius 3 is 2.48 bits per heavy atom. The fraction of sp³-hybridized carbons (Fsp3) is 0.632. The minimum atomic E-state index is -1.13. The molecule has 1 unspecified atom stereocenters. The van der Waals surface area contributed by atoms with Crippen molar-refractivity contribution in [2.45, 2.75) is 65.9 Å². The molecule has 25 heavy (non-hydrogen) atoms. The fourth-order valence-corrected chi connectivity index (χ4v) is 3.46. The van der Waals surface area contributed by atoms with Gasteiger partial charge in [-0.2, -0.15) is 0 Å². The third kappa shape index (κ3) is 4.91. The van der Waals surface area contributed by atoms with Crippen molar-refractivity contribution in [1.82, 2.24) is 9.55 Å². The molecule has 1 aromatic heterocycles. The van der Waals surface area contributed by atoms with Crippen molar-refractivity contribution in [3.05, 3.63) is 29.6 Å². The first-order valence-electron chi connectivity index (χ1n) is 8.89. The van der Waals surface area contributed by atoms with Gasteiger partial charge in [0.15, 0.2) is 0 Å². The molecule has 140 valence electrons. The number of aliphatic hydroxyl groups excluding tert-OH is 2. The van der Waals surface area contributed by atoms with Crippen LogP contribution >= 0.6 is 0 Å². The van der Waals surface area contributed by atoms with Gasteiger partial charge in [-0.15, -0.1) is 0 Å². The minimum Gasteiger partial charge on any atom is -0.388 e. The molecule has 0 amide bonds.